The molecule has 0 aliphatic carbocycles. The van der Waals surface area contributed by atoms with Crippen LogP contribution in [0.4, 0.5) is 0 Å². The number of nitrogens with zero attached hydrogens (tertiary/aromatic N) is 3. The van der Waals surface area contributed by atoms with Gasteiger partial charge in [0.05, 0.1) is 12.1 Å². The van der Waals surface area contributed by atoms with E-state index in [1.807, 2.05) is 41.1 Å². The van der Waals surface area contributed by atoms with E-state index >= 15 is 0 Å². The minimum absolute atomic E-state index is 0.0171. The Kier molecular flexibility index (Phi) is 5.13. The van der Waals surface area contributed by atoms with Gasteiger partial charge in [-0.2, -0.15) is 0 Å². The zero-order chi connectivity index (χ0) is 16.2. The van der Waals surface area contributed by atoms with Gasteiger partial charge >= 0.3 is 0 Å². The molecule has 0 saturated carbocycles. The van der Waals surface area contributed by atoms with Crippen LogP contribution in [-0.2, 0) is 24.5 Å². The average Bonchev–Trinajstić information content (AvgIpc) is 2.87. The molecule has 0 spiro atoms. The molecule has 0 amide bonds. The first-order chi connectivity index (χ1) is 11.2. The highest BCUT2D eigenvalue weighted by molar-refractivity contribution is 6.35. The van der Waals surface area contributed by atoms with Gasteiger partial charge in [0.2, 0.25) is 5.28 Å². The van der Waals surface area contributed by atoms with Crippen molar-refractivity contribution >= 4 is 34.2 Å². The molecule has 2 heterocycles. The fourth-order valence-electron chi connectivity index (χ4n) is 2.44. The van der Waals surface area contributed by atoms with Gasteiger partial charge in [-0.15, -0.1) is 0 Å². The maximum Gasteiger partial charge on any atom is 0.224 e. The number of hydrogen-bond donors (Lipinski definition) is 1. The standard InChI is InChI=1S/C16H15Cl2N3O2/c17-15-14-13(19-16(18)20-15)12(6-7-22)8-21(14)10-23-9-11-4-2-1-3-5-11/h1-5,8,22H,6-7,9-10H2. The summed E-state index contributed by atoms with van der Waals surface area (Å²) in [6.45, 7) is 0.812. The third-order valence-electron chi connectivity index (χ3n) is 3.44. The second-order valence-electron chi connectivity index (χ2n) is 5.04. The molecule has 23 heavy (non-hydrogen) atoms. The van der Waals surface area contributed by atoms with Crippen molar-refractivity contribution in [2.45, 2.75) is 19.8 Å². The van der Waals surface area contributed by atoms with Crippen LogP contribution in [0, 0.1) is 0 Å². The molecule has 1 N–H and O–H groups in total. The van der Waals surface area contributed by atoms with Crippen molar-refractivity contribution in [3.8, 4) is 0 Å². The first-order valence-electron chi connectivity index (χ1n) is 7.12. The van der Waals surface area contributed by atoms with E-state index in [1.54, 1.807) is 0 Å². The van der Waals surface area contributed by atoms with Crippen molar-refractivity contribution < 1.29 is 9.84 Å². The molecule has 3 rings (SSSR count). The molecule has 3 aromatic rings. The van der Waals surface area contributed by atoms with Crippen LogP contribution in [0.2, 0.25) is 10.4 Å². The monoisotopic (exact) mass is 351 g/mol. The number of aromatic nitrogens is 3. The van der Waals surface area contributed by atoms with E-state index in [9.17, 15) is 5.11 Å². The molecule has 0 aliphatic heterocycles. The third-order valence-corrected chi connectivity index (χ3v) is 3.87. The lowest BCUT2D eigenvalue weighted by atomic mass is 10.2. The molecule has 7 heteroatoms. The van der Waals surface area contributed by atoms with E-state index in [4.69, 9.17) is 27.9 Å². The maximum atomic E-state index is 9.20. The quantitative estimate of drug-likeness (QED) is 0.545. The fraction of sp³-hybridized carbons (Fsp3) is 0.250. The molecule has 0 atom stereocenters. The summed E-state index contributed by atoms with van der Waals surface area (Å²) in [4.78, 5) is 8.21. The van der Waals surface area contributed by atoms with Crippen LogP contribution in [0.1, 0.15) is 11.1 Å². The Morgan fingerprint density at radius 1 is 1.13 bits per heavy atom. The van der Waals surface area contributed by atoms with Crippen molar-refractivity contribution in [1.82, 2.24) is 14.5 Å². The van der Waals surface area contributed by atoms with E-state index < -0.39 is 0 Å². The van der Waals surface area contributed by atoms with Gasteiger partial charge in [-0.25, -0.2) is 9.97 Å². The molecule has 1 aromatic carbocycles. The van der Waals surface area contributed by atoms with Crippen LogP contribution in [0.3, 0.4) is 0 Å². The molecule has 0 radical (unpaired) electrons. The molecular weight excluding hydrogens is 337 g/mol. The van der Waals surface area contributed by atoms with E-state index in [-0.39, 0.29) is 17.0 Å². The van der Waals surface area contributed by atoms with Crippen LogP contribution in [0.25, 0.3) is 11.0 Å². The van der Waals surface area contributed by atoms with Crippen molar-refractivity contribution in [2.24, 2.45) is 0 Å². The van der Waals surface area contributed by atoms with Crippen LogP contribution in [-0.4, -0.2) is 26.2 Å². The highest BCUT2D eigenvalue weighted by Crippen LogP contribution is 2.27. The minimum Gasteiger partial charge on any atom is -0.396 e. The minimum atomic E-state index is 0.0171. The second kappa shape index (κ2) is 7.27. The number of hydrogen-bond acceptors (Lipinski definition) is 4. The van der Waals surface area contributed by atoms with Gasteiger partial charge in [-0.1, -0.05) is 41.9 Å². The lowest BCUT2D eigenvalue weighted by molar-refractivity contribution is 0.0666. The van der Waals surface area contributed by atoms with E-state index in [2.05, 4.69) is 9.97 Å². The molecule has 120 valence electrons. The maximum absolute atomic E-state index is 9.20. The summed E-state index contributed by atoms with van der Waals surface area (Å²) in [6, 6.07) is 9.90. The van der Waals surface area contributed by atoms with E-state index in [0.29, 0.717) is 30.8 Å². The van der Waals surface area contributed by atoms with Gasteiger partial charge in [0.15, 0.2) is 5.15 Å². The molecule has 2 aromatic heterocycles. The van der Waals surface area contributed by atoms with E-state index in [0.717, 1.165) is 11.1 Å². The first kappa shape index (κ1) is 16.2. The Labute approximate surface area is 143 Å². The van der Waals surface area contributed by atoms with Crippen LogP contribution < -0.4 is 0 Å². The number of fused-ring (bicyclic) bond motifs is 1. The zero-order valence-corrected chi connectivity index (χ0v) is 13.8. The van der Waals surface area contributed by atoms with Gasteiger partial charge in [-0.05, 0) is 29.1 Å². The number of benzene rings is 1. The largest absolute Gasteiger partial charge is 0.396 e. The van der Waals surface area contributed by atoms with Crippen LogP contribution in [0.5, 0.6) is 0 Å². The van der Waals surface area contributed by atoms with Gasteiger partial charge in [-0.3, -0.25) is 0 Å². The van der Waals surface area contributed by atoms with Gasteiger partial charge in [0, 0.05) is 12.8 Å². The SMILES string of the molecule is OCCc1cn(COCc2ccccc2)c2c(Cl)nc(Cl)nc12. The number of aliphatic hydroxyl groups is 1. The van der Waals surface area contributed by atoms with Crippen LogP contribution in [0.15, 0.2) is 36.5 Å². The Morgan fingerprint density at radius 2 is 1.91 bits per heavy atom. The van der Waals surface area contributed by atoms with Gasteiger partial charge in [0.25, 0.3) is 0 Å². The summed E-state index contributed by atoms with van der Waals surface area (Å²) in [7, 11) is 0. The predicted octanol–water partition coefficient (Wildman–Crippen LogP) is 3.45. The lowest BCUT2D eigenvalue weighted by Crippen LogP contribution is -2.02. The molecule has 0 saturated heterocycles. The fourth-order valence-corrected chi connectivity index (χ4v) is 2.93. The molecule has 0 aliphatic rings. The summed E-state index contributed by atoms with van der Waals surface area (Å²) in [5.41, 5.74) is 3.25. The molecule has 0 fully saturated rings. The van der Waals surface area contributed by atoms with Crippen molar-refractivity contribution in [1.29, 1.82) is 0 Å². The molecule has 0 unspecified atom stereocenters. The topological polar surface area (TPSA) is 60.2 Å². The molecular formula is C16H15Cl2N3O2. The highest BCUT2D eigenvalue weighted by atomic mass is 35.5. The normalized spacial score (nSPS) is 11.3. The third kappa shape index (κ3) is 3.64. The summed E-state index contributed by atoms with van der Waals surface area (Å²) in [6.07, 6.45) is 2.33. The van der Waals surface area contributed by atoms with Crippen molar-refractivity contribution in [2.75, 3.05) is 6.61 Å². The molecule has 5 nitrogen and oxygen atoms in total. The average molecular weight is 352 g/mol. The van der Waals surface area contributed by atoms with Gasteiger partial charge < -0.3 is 14.4 Å². The first-order valence-corrected chi connectivity index (χ1v) is 7.88. The van der Waals surface area contributed by atoms with E-state index in [1.165, 1.54) is 0 Å². The number of aliphatic hydroxyl groups excluding tert-OH is 1. The predicted molar refractivity (Wildman–Crippen MR) is 89.6 cm³/mol. The number of rotatable bonds is 6. The highest BCUT2D eigenvalue weighted by Gasteiger charge is 2.15. The lowest BCUT2D eigenvalue weighted by Gasteiger charge is -2.07. The Bertz CT molecular complexity index is 806. The molecule has 0 bridgehead atoms. The summed E-state index contributed by atoms with van der Waals surface area (Å²) >= 11 is 12.1. The smallest absolute Gasteiger partial charge is 0.224 e. The summed E-state index contributed by atoms with van der Waals surface area (Å²) < 4.78 is 7.58. The summed E-state index contributed by atoms with van der Waals surface area (Å²) in [5.74, 6) is 0. The zero-order valence-electron chi connectivity index (χ0n) is 12.2. The van der Waals surface area contributed by atoms with Gasteiger partial charge in [0.1, 0.15) is 12.2 Å². The number of halogens is 2. The Hall–Kier alpha value is -1.66. The Balaban J connectivity index is 1.85. The Morgan fingerprint density at radius 3 is 2.65 bits per heavy atom. The van der Waals surface area contributed by atoms with Crippen molar-refractivity contribution in [3.63, 3.8) is 0 Å². The summed E-state index contributed by atoms with van der Waals surface area (Å²) in [5, 5.41) is 9.56. The van der Waals surface area contributed by atoms with Crippen LogP contribution >= 0.6 is 23.2 Å². The van der Waals surface area contributed by atoms with Crippen molar-refractivity contribution in [3.05, 3.63) is 58.1 Å². The second-order valence-corrected chi connectivity index (χ2v) is 5.74. The number of ether oxygens (including phenoxy) is 1.